The van der Waals surface area contributed by atoms with Crippen LogP contribution in [0.1, 0.15) is 364 Å². The predicted octanol–water partition coefficient (Wildman–Crippen LogP) is 20.9. The molecule has 0 aliphatic heterocycles. The lowest BCUT2D eigenvalue weighted by molar-refractivity contribution is -0.161. The number of aliphatic hydroxyl groups is 1. The number of phosphoric acid groups is 2. The average molecular weight is 1350 g/mol. The SMILES string of the molecule is CCC(C)CCCCCCCCCCCCCCCCCCCCC(=O)O[C@H](COC(=O)CCCCCCCCC(C)C)COP(=O)(O)OC[C@@H](O)COP(=O)(O)OC[C@@H](COC(=O)CCCCCCCCC(C)C)OC(=O)CCCCCCCCCCC(C)CC. The van der Waals surface area contributed by atoms with Crippen LogP contribution in [0.25, 0.3) is 0 Å². The number of hydrogen-bond acceptors (Lipinski definition) is 15. The fourth-order valence-corrected chi connectivity index (χ4v) is 12.5. The van der Waals surface area contributed by atoms with Gasteiger partial charge in [-0.1, -0.05) is 312 Å². The molecule has 92 heavy (non-hydrogen) atoms. The lowest BCUT2D eigenvalue weighted by Crippen LogP contribution is -2.30. The fourth-order valence-electron chi connectivity index (χ4n) is 11.0. The van der Waals surface area contributed by atoms with Gasteiger partial charge in [0.2, 0.25) is 0 Å². The van der Waals surface area contributed by atoms with Crippen LogP contribution in [-0.2, 0) is 65.4 Å². The number of carbonyl (C=O) groups excluding carboxylic acids is 4. The molecule has 0 saturated heterocycles. The molecule has 4 unspecified atom stereocenters. The summed E-state index contributed by atoms with van der Waals surface area (Å²) in [6.45, 7) is 14.1. The Balaban J connectivity index is 5.13. The zero-order valence-corrected chi connectivity index (χ0v) is 62.0. The van der Waals surface area contributed by atoms with Crippen molar-refractivity contribution in [3.63, 3.8) is 0 Å². The van der Waals surface area contributed by atoms with Crippen molar-refractivity contribution in [1.82, 2.24) is 0 Å². The van der Waals surface area contributed by atoms with E-state index in [0.717, 1.165) is 115 Å². The van der Waals surface area contributed by atoms with Crippen molar-refractivity contribution in [2.24, 2.45) is 23.7 Å². The van der Waals surface area contributed by atoms with Gasteiger partial charge in [0, 0.05) is 25.7 Å². The number of hydrogen-bond donors (Lipinski definition) is 3. The molecule has 546 valence electrons. The van der Waals surface area contributed by atoms with E-state index in [4.69, 9.17) is 37.0 Å². The largest absolute Gasteiger partial charge is 0.472 e. The third-order valence-electron chi connectivity index (χ3n) is 17.5. The summed E-state index contributed by atoms with van der Waals surface area (Å²) in [5.74, 6) is 0.867. The maximum absolute atomic E-state index is 13.0. The lowest BCUT2D eigenvalue weighted by atomic mass is 9.99. The molecule has 0 fully saturated rings. The molecular formula is C73H142O17P2. The van der Waals surface area contributed by atoms with Crippen molar-refractivity contribution >= 4 is 39.5 Å². The quantitative estimate of drug-likeness (QED) is 0.0222. The Morgan fingerprint density at radius 1 is 0.304 bits per heavy atom. The van der Waals surface area contributed by atoms with E-state index in [1.165, 1.54) is 154 Å². The van der Waals surface area contributed by atoms with E-state index in [-0.39, 0.29) is 25.7 Å². The molecule has 0 radical (unpaired) electrons. The van der Waals surface area contributed by atoms with E-state index >= 15 is 0 Å². The maximum atomic E-state index is 13.0. The number of ether oxygens (including phenoxy) is 4. The lowest BCUT2D eigenvalue weighted by Gasteiger charge is -2.21. The van der Waals surface area contributed by atoms with Crippen LogP contribution < -0.4 is 0 Å². The van der Waals surface area contributed by atoms with E-state index in [1.54, 1.807) is 0 Å². The van der Waals surface area contributed by atoms with Gasteiger partial charge in [-0.3, -0.25) is 37.3 Å². The number of rotatable bonds is 70. The Bertz CT molecular complexity index is 1820. The molecule has 7 atom stereocenters. The maximum Gasteiger partial charge on any atom is 0.472 e. The van der Waals surface area contributed by atoms with Gasteiger partial charge in [0.15, 0.2) is 12.2 Å². The molecule has 0 heterocycles. The highest BCUT2D eigenvalue weighted by atomic mass is 31.2. The first-order valence-corrected chi connectivity index (χ1v) is 40.8. The van der Waals surface area contributed by atoms with E-state index < -0.39 is 97.5 Å². The predicted molar refractivity (Wildman–Crippen MR) is 372 cm³/mol. The van der Waals surface area contributed by atoms with E-state index in [9.17, 15) is 43.2 Å². The summed E-state index contributed by atoms with van der Waals surface area (Å²) < 4.78 is 68.3. The molecule has 0 rings (SSSR count). The molecular weight excluding hydrogens is 1210 g/mol. The van der Waals surface area contributed by atoms with Gasteiger partial charge in [0.05, 0.1) is 26.4 Å². The Morgan fingerprint density at radius 2 is 0.522 bits per heavy atom. The van der Waals surface area contributed by atoms with Crippen LogP contribution in [0.15, 0.2) is 0 Å². The molecule has 0 aliphatic rings. The molecule has 19 heteroatoms. The standard InChI is InChI=1S/C73H142O17P2/c1-9-65(7)51-43-35-25-21-19-17-15-13-11-12-14-16-18-20-22-27-39-47-55-72(77)89-68(59-83-70(75)53-45-37-31-29-33-41-49-63(3)4)61-87-91(79,80)85-57-67(74)58-86-92(81,82)88-62-69(60-84-71(76)54-46-38-32-30-34-42-50-64(5)6)90-73(78)56-48-40-28-24-23-26-36-44-52-66(8)10-2/h63-69,74H,9-62H2,1-8H3,(H,79,80)(H,81,82)/t65?,66?,67-,68-,69-/m1/s1. The number of unbranched alkanes of at least 4 members (excludes halogenated alkanes) is 34. The third kappa shape index (κ3) is 64.1. The first-order valence-electron chi connectivity index (χ1n) is 37.8. The second-order valence-corrected chi connectivity index (χ2v) is 30.7. The van der Waals surface area contributed by atoms with Gasteiger partial charge in [-0.05, 0) is 49.4 Å². The summed E-state index contributed by atoms with van der Waals surface area (Å²) in [7, 11) is -9.90. The zero-order chi connectivity index (χ0) is 68.2. The Morgan fingerprint density at radius 3 is 0.772 bits per heavy atom. The summed E-state index contributed by atoms with van der Waals surface area (Å²) in [5, 5.41) is 10.6. The van der Waals surface area contributed by atoms with Crippen molar-refractivity contribution in [3.8, 4) is 0 Å². The summed E-state index contributed by atoms with van der Waals surface area (Å²) in [5.41, 5.74) is 0. The smallest absolute Gasteiger partial charge is 0.462 e. The average Bonchev–Trinajstić information content (AvgIpc) is 3.01. The highest BCUT2D eigenvalue weighted by molar-refractivity contribution is 7.47. The van der Waals surface area contributed by atoms with Gasteiger partial charge in [0.25, 0.3) is 0 Å². The first kappa shape index (κ1) is 90.1. The number of carbonyl (C=O) groups is 4. The first-order chi connectivity index (χ1) is 44.2. The van der Waals surface area contributed by atoms with Crippen LogP contribution in [-0.4, -0.2) is 96.7 Å². The van der Waals surface area contributed by atoms with Crippen molar-refractivity contribution in [1.29, 1.82) is 0 Å². The highest BCUT2D eigenvalue weighted by Crippen LogP contribution is 2.45. The second-order valence-electron chi connectivity index (χ2n) is 27.8. The molecule has 0 aromatic carbocycles. The van der Waals surface area contributed by atoms with Crippen molar-refractivity contribution in [2.75, 3.05) is 39.6 Å². The normalized spacial score (nSPS) is 14.8. The summed E-state index contributed by atoms with van der Waals surface area (Å²) in [6.07, 6.45) is 46.2. The van der Waals surface area contributed by atoms with Gasteiger partial charge in [0.1, 0.15) is 19.3 Å². The minimum absolute atomic E-state index is 0.103. The highest BCUT2D eigenvalue weighted by Gasteiger charge is 2.30. The molecule has 3 N–H and O–H groups in total. The van der Waals surface area contributed by atoms with Gasteiger partial charge in [-0.15, -0.1) is 0 Å². The van der Waals surface area contributed by atoms with Gasteiger partial charge >= 0.3 is 39.5 Å². The van der Waals surface area contributed by atoms with Gasteiger partial charge in [-0.25, -0.2) is 9.13 Å². The monoisotopic (exact) mass is 1350 g/mol. The second kappa shape index (κ2) is 62.6. The molecule has 0 aromatic rings. The third-order valence-corrected chi connectivity index (χ3v) is 19.4. The topological polar surface area (TPSA) is 237 Å². The number of aliphatic hydroxyl groups excluding tert-OH is 1. The minimum Gasteiger partial charge on any atom is -0.462 e. The minimum atomic E-state index is -4.95. The summed E-state index contributed by atoms with van der Waals surface area (Å²) in [6, 6.07) is 0. The van der Waals surface area contributed by atoms with E-state index in [2.05, 4.69) is 55.4 Å². The van der Waals surface area contributed by atoms with Crippen LogP contribution in [0, 0.1) is 23.7 Å². The Hall–Kier alpha value is -1.94. The van der Waals surface area contributed by atoms with Crippen molar-refractivity contribution in [2.45, 2.75) is 382 Å². The van der Waals surface area contributed by atoms with Gasteiger partial charge in [-0.2, -0.15) is 0 Å². The molecule has 0 amide bonds. The van der Waals surface area contributed by atoms with Crippen molar-refractivity contribution < 1.29 is 80.2 Å². The molecule has 0 aromatic heterocycles. The van der Waals surface area contributed by atoms with Crippen LogP contribution in [0.4, 0.5) is 0 Å². The summed E-state index contributed by atoms with van der Waals surface area (Å²) >= 11 is 0. The number of phosphoric ester groups is 2. The Kier molecular flexibility index (Phi) is 61.3. The van der Waals surface area contributed by atoms with Crippen LogP contribution in [0.2, 0.25) is 0 Å². The van der Waals surface area contributed by atoms with Crippen LogP contribution in [0.3, 0.4) is 0 Å². The zero-order valence-electron chi connectivity index (χ0n) is 60.2. The van der Waals surface area contributed by atoms with Crippen LogP contribution in [0.5, 0.6) is 0 Å². The fraction of sp³-hybridized carbons (Fsp3) is 0.945. The summed E-state index contributed by atoms with van der Waals surface area (Å²) in [4.78, 5) is 72.5. The molecule has 0 bridgehead atoms. The van der Waals surface area contributed by atoms with Crippen molar-refractivity contribution in [3.05, 3.63) is 0 Å². The van der Waals surface area contributed by atoms with E-state index in [1.807, 2.05) is 0 Å². The molecule has 0 spiro atoms. The Labute approximate surface area is 562 Å². The number of esters is 4. The molecule has 17 nitrogen and oxygen atoms in total. The van der Waals surface area contributed by atoms with Gasteiger partial charge < -0.3 is 33.8 Å². The van der Waals surface area contributed by atoms with E-state index in [0.29, 0.717) is 37.5 Å². The molecule has 0 aliphatic carbocycles. The van der Waals surface area contributed by atoms with Crippen LogP contribution >= 0.6 is 15.6 Å². The molecule has 0 saturated carbocycles.